The van der Waals surface area contributed by atoms with Crippen molar-refractivity contribution in [3.8, 4) is 0 Å². The van der Waals surface area contributed by atoms with Gasteiger partial charge in [0.1, 0.15) is 6.42 Å². The zero-order valence-corrected chi connectivity index (χ0v) is 11.3. The molecule has 0 atom stereocenters. The fraction of sp³-hybridized carbons (Fsp3) is 0.429. The van der Waals surface area contributed by atoms with Gasteiger partial charge in [0, 0.05) is 18.3 Å². The van der Waals surface area contributed by atoms with E-state index in [0.717, 1.165) is 31.4 Å². The molecule has 20 heavy (non-hydrogen) atoms. The van der Waals surface area contributed by atoms with E-state index in [1.54, 1.807) is 0 Å². The van der Waals surface area contributed by atoms with Gasteiger partial charge in [-0.05, 0) is 18.6 Å². The number of unbranched alkanes of at least 4 members (excludes halogenated alkanes) is 2. The molecule has 0 saturated carbocycles. The van der Waals surface area contributed by atoms with Gasteiger partial charge in [0.25, 0.3) is 0 Å². The van der Waals surface area contributed by atoms with E-state index in [9.17, 15) is 18.4 Å². The number of hydrogen-bond acceptors (Lipinski definition) is 2. The van der Waals surface area contributed by atoms with Crippen LogP contribution in [0.25, 0.3) is 0 Å². The second kappa shape index (κ2) is 8.24. The van der Waals surface area contributed by atoms with Crippen LogP contribution in [0.1, 0.15) is 32.6 Å². The van der Waals surface area contributed by atoms with E-state index < -0.39 is 17.5 Å². The van der Waals surface area contributed by atoms with Crippen LogP contribution in [0.5, 0.6) is 0 Å². The first-order valence-corrected chi connectivity index (χ1v) is 6.54. The molecule has 6 heteroatoms. The van der Waals surface area contributed by atoms with Gasteiger partial charge in [0.15, 0.2) is 11.6 Å². The summed E-state index contributed by atoms with van der Waals surface area (Å²) < 4.78 is 25.6. The molecule has 1 aromatic carbocycles. The van der Waals surface area contributed by atoms with Crippen LogP contribution in [0.4, 0.5) is 14.5 Å². The molecule has 2 amide bonds. The summed E-state index contributed by atoms with van der Waals surface area (Å²) in [6, 6.07) is 3.01. The van der Waals surface area contributed by atoms with E-state index in [1.165, 1.54) is 6.07 Å². The third-order valence-electron chi connectivity index (χ3n) is 2.63. The molecule has 0 saturated heterocycles. The number of benzene rings is 1. The van der Waals surface area contributed by atoms with Gasteiger partial charge in [-0.15, -0.1) is 0 Å². The fourth-order valence-electron chi connectivity index (χ4n) is 1.59. The summed E-state index contributed by atoms with van der Waals surface area (Å²) >= 11 is 0. The highest BCUT2D eigenvalue weighted by Crippen LogP contribution is 2.13. The molecular formula is C14H18F2N2O2. The highest BCUT2D eigenvalue weighted by atomic mass is 19.2. The summed E-state index contributed by atoms with van der Waals surface area (Å²) in [4.78, 5) is 22.9. The molecular weight excluding hydrogens is 266 g/mol. The van der Waals surface area contributed by atoms with Gasteiger partial charge in [-0.1, -0.05) is 19.8 Å². The molecule has 0 aliphatic rings. The lowest BCUT2D eigenvalue weighted by Gasteiger charge is -2.06. The molecule has 0 aromatic heterocycles. The number of rotatable bonds is 7. The van der Waals surface area contributed by atoms with Gasteiger partial charge in [-0.3, -0.25) is 9.59 Å². The summed E-state index contributed by atoms with van der Waals surface area (Å²) in [6.07, 6.45) is 2.59. The number of carbonyl (C=O) groups is 2. The molecule has 0 aliphatic heterocycles. The topological polar surface area (TPSA) is 58.2 Å². The van der Waals surface area contributed by atoms with Crippen LogP contribution in [0.15, 0.2) is 18.2 Å². The van der Waals surface area contributed by atoms with Crippen molar-refractivity contribution < 1.29 is 18.4 Å². The number of halogens is 2. The van der Waals surface area contributed by atoms with Gasteiger partial charge in [-0.2, -0.15) is 0 Å². The van der Waals surface area contributed by atoms with Crippen molar-refractivity contribution in [1.29, 1.82) is 0 Å². The zero-order chi connectivity index (χ0) is 15.0. The minimum absolute atomic E-state index is 0.118. The molecule has 0 aliphatic carbocycles. The quantitative estimate of drug-likeness (QED) is 0.597. The van der Waals surface area contributed by atoms with Crippen molar-refractivity contribution in [2.45, 2.75) is 32.6 Å². The fourth-order valence-corrected chi connectivity index (χ4v) is 1.59. The first kappa shape index (κ1) is 16.1. The highest BCUT2D eigenvalue weighted by Gasteiger charge is 2.10. The number of amides is 2. The molecule has 2 N–H and O–H groups in total. The molecule has 110 valence electrons. The Morgan fingerprint density at radius 3 is 2.50 bits per heavy atom. The summed E-state index contributed by atoms with van der Waals surface area (Å²) in [5, 5.41) is 4.96. The third-order valence-corrected chi connectivity index (χ3v) is 2.63. The van der Waals surface area contributed by atoms with E-state index in [0.29, 0.717) is 6.54 Å². The number of hydrogen-bond donors (Lipinski definition) is 2. The summed E-state index contributed by atoms with van der Waals surface area (Å²) in [6.45, 7) is 2.59. The number of carbonyl (C=O) groups excluding carboxylic acids is 2. The molecule has 0 radical (unpaired) electrons. The lowest BCUT2D eigenvalue weighted by molar-refractivity contribution is -0.126. The summed E-state index contributed by atoms with van der Waals surface area (Å²) in [5.41, 5.74) is 0.118. The van der Waals surface area contributed by atoms with Crippen LogP contribution in [-0.4, -0.2) is 18.4 Å². The van der Waals surface area contributed by atoms with Crippen LogP contribution in [0.2, 0.25) is 0 Å². The van der Waals surface area contributed by atoms with Gasteiger partial charge < -0.3 is 10.6 Å². The smallest absolute Gasteiger partial charge is 0.233 e. The van der Waals surface area contributed by atoms with Gasteiger partial charge in [0.05, 0.1) is 0 Å². The maximum Gasteiger partial charge on any atom is 0.233 e. The first-order valence-electron chi connectivity index (χ1n) is 6.54. The van der Waals surface area contributed by atoms with Gasteiger partial charge in [0.2, 0.25) is 11.8 Å². The molecule has 4 nitrogen and oxygen atoms in total. The molecule has 0 bridgehead atoms. The van der Waals surface area contributed by atoms with Crippen molar-refractivity contribution in [2.24, 2.45) is 0 Å². The van der Waals surface area contributed by atoms with E-state index in [-0.39, 0.29) is 18.0 Å². The molecule has 1 aromatic rings. The predicted molar refractivity (Wildman–Crippen MR) is 72.1 cm³/mol. The molecule has 0 unspecified atom stereocenters. The van der Waals surface area contributed by atoms with Crippen molar-refractivity contribution in [3.05, 3.63) is 29.8 Å². The average Bonchev–Trinajstić information content (AvgIpc) is 2.39. The lowest BCUT2D eigenvalue weighted by Crippen LogP contribution is -2.28. The minimum atomic E-state index is -1.05. The van der Waals surface area contributed by atoms with Crippen molar-refractivity contribution in [2.75, 3.05) is 11.9 Å². The number of anilines is 1. The monoisotopic (exact) mass is 284 g/mol. The standard InChI is InChI=1S/C14H18F2N2O2/c1-2-3-4-7-17-13(19)9-14(20)18-10-5-6-11(15)12(16)8-10/h5-6,8H,2-4,7,9H2,1H3,(H,17,19)(H,18,20). The highest BCUT2D eigenvalue weighted by molar-refractivity contribution is 6.03. The van der Waals surface area contributed by atoms with Crippen LogP contribution in [0.3, 0.4) is 0 Å². The van der Waals surface area contributed by atoms with Crippen molar-refractivity contribution in [1.82, 2.24) is 5.32 Å². The van der Waals surface area contributed by atoms with Crippen molar-refractivity contribution in [3.63, 3.8) is 0 Å². The molecule has 1 rings (SSSR count). The average molecular weight is 284 g/mol. The van der Waals surface area contributed by atoms with Crippen LogP contribution in [-0.2, 0) is 9.59 Å². The Kier molecular flexibility index (Phi) is 6.63. The Bertz CT molecular complexity index is 478. The van der Waals surface area contributed by atoms with E-state index in [2.05, 4.69) is 17.6 Å². The molecule has 0 spiro atoms. The molecule has 0 heterocycles. The van der Waals surface area contributed by atoms with Crippen LogP contribution in [0, 0.1) is 11.6 Å². The summed E-state index contributed by atoms with van der Waals surface area (Å²) in [7, 11) is 0. The Balaban J connectivity index is 2.35. The maximum absolute atomic E-state index is 12.9. The minimum Gasteiger partial charge on any atom is -0.356 e. The van der Waals surface area contributed by atoms with E-state index in [1.807, 2.05) is 0 Å². The Morgan fingerprint density at radius 2 is 1.85 bits per heavy atom. The first-order chi connectivity index (χ1) is 9.52. The second-order valence-electron chi connectivity index (χ2n) is 4.41. The second-order valence-corrected chi connectivity index (χ2v) is 4.41. The lowest BCUT2D eigenvalue weighted by atomic mass is 10.2. The SMILES string of the molecule is CCCCCNC(=O)CC(=O)Nc1ccc(F)c(F)c1. The van der Waals surface area contributed by atoms with Crippen molar-refractivity contribution >= 4 is 17.5 Å². The Morgan fingerprint density at radius 1 is 1.10 bits per heavy atom. The van der Waals surface area contributed by atoms with Crippen LogP contribution >= 0.6 is 0 Å². The van der Waals surface area contributed by atoms with Gasteiger partial charge >= 0.3 is 0 Å². The predicted octanol–water partition coefficient (Wildman–Crippen LogP) is 2.60. The van der Waals surface area contributed by atoms with Crippen LogP contribution < -0.4 is 10.6 Å². The largest absolute Gasteiger partial charge is 0.356 e. The normalized spacial score (nSPS) is 10.2. The maximum atomic E-state index is 12.9. The van der Waals surface area contributed by atoms with E-state index >= 15 is 0 Å². The molecule has 0 fully saturated rings. The van der Waals surface area contributed by atoms with E-state index in [4.69, 9.17) is 0 Å². The number of nitrogens with one attached hydrogen (secondary N) is 2. The Hall–Kier alpha value is -1.98. The Labute approximate surface area is 116 Å². The zero-order valence-electron chi connectivity index (χ0n) is 11.3. The van der Waals surface area contributed by atoms with Gasteiger partial charge in [-0.25, -0.2) is 8.78 Å². The summed E-state index contributed by atoms with van der Waals surface area (Å²) in [5.74, 6) is -2.99. The third kappa shape index (κ3) is 5.77.